The average Bonchev–Trinajstić information content (AvgIpc) is 2.42. The van der Waals surface area contributed by atoms with Gasteiger partial charge in [0.25, 0.3) is 0 Å². The molecule has 106 valence electrons. The molecule has 0 aromatic heterocycles. The van der Waals surface area contributed by atoms with Crippen molar-refractivity contribution in [3.8, 4) is 5.75 Å². The summed E-state index contributed by atoms with van der Waals surface area (Å²) >= 11 is 9.58. The fourth-order valence-electron chi connectivity index (χ4n) is 2.25. The van der Waals surface area contributed by atoms with Gasteiger partial charge in [0.1, 0.15) is 5.75 Å². The topological polar surface area (TPSA) is 35.2 Å². The summed E-state index contributed by atoms with van der Waals surface area (Å²) in [5, 5.41) is 0.765. The molecular formula is C16H17BrClNO. The third-order valence-electron chi connectivity index (χ3n) is 3.41. The minimum absolute atomic E-state index is 0.242. The molecule has 0 heterocycles. The summed E-state index contributed by atoms with van der Waals surface area (Å²) in [7, 11) is 1.65. The van der Waals surface area contributed by atoms with Crippen LogP contribution in [0.5, 0.6) is 5.75 Å². The van der Waals surface area contributed by atoms with Crippen LogP contribution in [0.3, 0.4) is 0 Å². The molecule has 0 amide bonds. The molecule has 2 N–H and O–H groups in total. The zero-order chi connectivity index (χ0) is 14.9. The van der Waals surface area contributed by atoms with Gasteiger partial charge in [-0.2, -0.15) is 0 Å². The smallest absolute Gasteiger partial charge is 0.125 e. The van der Waals surface area contributed by atoms with Crippen LogP contribution >= 0.6 is 27.5 Å². The molecular weight excluding hydrogens is 338 g/mol. The predicted molar refractivity (Wildman–Crippen MR) is 87.7 cm³/mol. The van der Waals surface area contributed by atoms with E-state index in [4.69, 9.17) is 22.1 Å². The molecule has 1 atom stereocenters. The third kappa shape index (κ3) is 3.00. The Bertz CT molecular complexity index is 643. The molecule has 2 rings (SSSR count). The monoisotopic (exact) mass is 353 g/mol. The maximum atomic E-state index is 6.42. The zero-order valence-electron chi connectivity index (χ0n) is 11.7. The SMILES string of the molecule is COc1cc(Br)ccc1C(N)c1cc(C)c(Cl)cc1C. The van der Waals surface area contributed by atoms with Crippen LogP contribution in [-0.4, -0.2) is 7.11 Å². The van der Waals surface area contributed by atoms with Crippen molar-refractivity contribution < 1.29 is 4.74 Å². The lowest BCUT2D eigenvalue weighted by Crippen LogP contribution is -2.14. The Morgan fingerprint density at radius 3 is 2.45 bits per heavy atom. The molecule has 0 fully saturated rings. The van der Waals surface area contributed by atoms with Gasteiger partial charge in [-0.25, -0.2) is 0 Å². The van der Waals surface area contributed by atoms with E-state index in [2.05, 4.69) is 15.9 Å². The predicted octanol–water partition coefficient (Wildman–Crippen LogP) is 4.78. The average molecular weight is 355 g/mol. The number of hydrogen-bond acceptors (Lipinski definition) is 2. The highest BCUT2D eigenvalue weighted by atomic mass is 79.9. The van der Waals surface area contributed by atoms with E-state index in [1.807, 2.05) is 44.2 Å². The van der Waals surface area contributed by atoms with Crippen molar-refractivity contribution in [3.05, 3.63) is 62.1 Å². The van der Waals surface area contributed by atoms with Gasteiger partial charge in [-0.3, -0.25) is 0 Å². The van der Waals surface area contributed by atoms with Crippen molar-refractivity contribution in [2.75, 3.05) is 7.11 Å². The molecule has 0 aliphatic heterocycles. The number of benzene rings is 2. The molecule has 0 aliphatic carbocycles. The summed E-state index contributed by atoms with van der Waals surface area (Å²) < 4.78 is 6.39. The van der Waals surface area contributed by atoms with Crippen molar-refractivity contribution in [3.63, 3.8) is 0 Å². The molecule has 1 unspecified atom stereocenters. The molecule has 0 saturated carbocycles. The van der Waals surface area contributed by atoms with Gasteiger partial charge < -0.3 is 10.5 Å². The summed E-state index contributed by atoms with van der Waals surface area (Å²) in [4.78, 5) is 0. The summed E-state index contributed by atoms with van der Waals surface area (Å²) in [5.74, 6) is 0.777. The number of rotatable bonds is 3. The third-order valence-corrected chi connectivity index (χ3v) is 4.31. The van der Waals surface area contributed by atoms with Gasteiger partial charge in [0, 0.05) is 15.1 Å². The summed E-state index contributed by atoms with van der Waals surface area (Å²) in [6, 6.07) is 9.63. The van der Waals surface area contributed by atoms with Gasteiger partial charge in [-0.15, -0.1) is 0 Å². The van der Waals surface area contributed by atoms with Crippen LogP contribution < -0.4 is 10.5 Å². The highest BCUT2D eigenvalue weighted by Gasteiger charge is 2.17. The van der Waals surface area contributed by atoms with Crippen LogP contribution in [0.25, 0.3) is 0 Å². The Morgan fingerprint density at radius 1 is 1.10 bits per heavy atom. The van der Waals surface area contributed by atoms with Crippen LogP contribution in [0.4, 0.5) is 0 Å². The molecule has 0 bridgehead atoms. The number of halogens is 2. The Balaban J connectivity index is 2.51. The largest absolute Gasteiger partial charge is 0.496 e. The highest BCUT2D eigenvalue weighted by molar-refractivity contribution is 9.10. The lowest BCUT2D eigenvalue weighted by Gasteiger charge is -2.19. The van der Waals surface area contributed by atoms with Gasteiger partial charge in [0.05, 0.1) is 13.2 Å². The maximum Gasteiger partial charge on any atom is 0.125 e. The zero-order valence-corrected chi connectivity index (χ0v) is 14.0. The minimum atomic E-state index is -0.242. The number of hydrogen-bond donors (Lipinski definition) is 1. The normalized spacial score (nSPS) is 12.3. The standard InChI is InChI=1S/C16H17BrClNO/c1-9-7-14(18)10(2)6-13(9)16(19)12-5-4-11(17)8-15(12)20-3/h4-8,16H,19H2,1-3H3. The Hall–Kier alpha value is -1.03. The van der Waals surface area contributed by atoms with Crippen LogP contribution in [0.1, 0.15) is 28.3 Å². The first-order valence-corrected chi connectivity index (χ1v) is 7.46. The van der Waals surface area contributed by atoms with Gasteiger partial charge in [-0.05, 0) is 48.7 Å². The van der Waals surface area contributed by atoms with E-state index in [-0.39, 0.29) is 6.04 Å². The first-order chi connectivity index (χ1) is 9.43. The summed E-state index contributed by atoms with van der Waals surface area (Å²) in [5.41, 5.74) is 10.6. The molecule has 2 nitrogen and oxygen atoms in total. The molecule has 2 aromatic carbocycles. The molecule has 0 spiro atoms. The summed E-state index contributed by atoms with van der Waals surface area (Å²) in [6.07, 6.45) is 0. The second-order valence-electron chi connectivity index (χ2n) is 4.82. The molecule has 4 heteroatoms. The van der Waals surface area contributed by atoms with Crippen LogP contribution in [0, 0.1) is 13.8 Å². The van der Waals surface area contributed by atoms with Gasteiger partial charge >= 0.3 is 0 Å². The second-order valence-corrected chi connectivity index (χ2v) is 6.14. The molecule has 0 saturated heterocycles. The Labute approximate surface area is 133 Å². The van der Waals surface area contributed by atoms with Crippen molar-refractivity contribution in [2.45, 2.75) is 19.9 Å². The molecule has 0 aliphatic rings. The second kappa shape index (κ2) is 6.17. The first kappa shape index (κ1) is 15.4. The minimum Gasteiger partial charge on any atom is -0.496 e. The quantitative estimate of drug-likeness (QED) is 0.861. The van der Waals surface area contributed by atoms with E-state index in [0.717, 1.165) is 37.5 Å². The van der Waals surface area contributed by atoms with Gasteiger partial charge in [-0.1, -0.05) is 39.7 Å². The number of ether oxygens (including phenoxy) is 1. The lowest BCUT2D eigenvalue weighted by atomic mass is 9.93. The molecule has 0 radical (unpaired) electrons. The van der Waals surface area contributed by atoms with Crippen molar-refractivity contribution in [1.29, 1.82) is 0 Å². The van der Waals surface area contributed by atoms with E-state index < -0.39 is 0 Å². The molecule has 20 heavy (non-hydrogen) atoms. The highest BCUT2D eigenvalue weighted by Crippen LogP contribution is 2.33. The summed E-state index contributed by atoms with van der Waals surface area (Å²) in [6.45, 7) is 4.00. The van der Waals surface area contributed by atoms with E-state index in [1.165, 1.54) is 0 Å². The van der Waals surface area contributed by atoms with Gasteiger partial charge in [0.15, 0.2) is 0 Å². The van der Waals surface area contributed by atoms with E-state index in [9.17, 15) is 0 Å². The van der Waals surface area contributed by atoms with Crippen molar-refractivity contribution >= 4 is 27.5 Å². The van der Waals surface area contributed by atoms with Crippen LogP contribution in [0.15, 0.2) is 34.8 Å². The molecule has 2 aromatic rings. The van der Waals surface area contributed by atoms with E-state index >= 15 is 0 Å². The van der Waals surface area contributed by atoms with Crippen LogP contribution in [0.2, 0.25) is 5.02 Å². The lowest BCUT2D eigenvalue weighted by molar-refractivity contribution is 0.407. The van der Waals surface area contributed by atoms with E-state index in [0.29, 0.717) is 0 Å². The van der Waals surface area contributed by atoms with E-state index in [1.54, 1.807) is 7.11 Å². The van der Waals surface area contributed by atoms with Crippen LogP contribution in [-0.2, 0) is 0 Å². The fraction of sp³-hybridized carbons (Fsp3) is 0.250. The van der Waals surface area contributed by atoms with Gasteiger partial charge in [0.2, 0.25) is 0 Å². The fourth-order valence-corrected chi connectivity index (χ4v) is 2.81. The van der Waals surface area contributed by atoms with Crippen molar-refractivity contribution in [2.24, 2.45) is 5.73 Å². The number of methoxy groups -OCH3 is 1. The van der Waals surface area contributed by atoms with Crippen molar-refractivity contribution in [1.82, 2.24) is 0 Å². The number of nitrogens with two attached hydrogens (primary N) is 1. The number of aryl methyl sites for hydroxylation is 2. The first-order valence-electron chi connectivity index (χ1n) is 6.29. The maximum absolute atomic E-state index is 6.42. The Kier molecular flexibility index (Phi) is 4.74. The Morgan fingerprint density at radius 2 is 1.80 bits per heavy atom.